The Morgan fingerprint density at radius 3 is 2.67 bits per heavy atom. The highest BCUT2D eigenvalue weighted by Crippen LogP contribution is 2.29. The van der Waals surface area contributed by atoms with Gasteiger partial charge in [0.15, 0.2) is 5.69 Å². The fraction of sp³-hybridized carbons (Fsp3) is 0.250. The molecular weight excluding hydrogens is 331 g/mol. The number of halogens is 1. The van der Waals surface area contributed by atoms with Crippen LogP contribution in [0.5, 0.6) is 0 Å². The van der Waals surface area contributed by atoms with E-state index in [2.05, 4.69) is 15.3 Å². The number of nitrogens with zero attached hydrogens (tertiary/aromatic N) is 4. The first-order valence-electron chi connectivity index (χ1n) is 7.34. The number of esters is 1. The summed E-state index contributed by atoms with van der Waals surface area (Å²) in [7, 11) is 0. The van der Waals surface area contributed by atoms with E-state index >= 15 is 0 Å². The first-order valence-corrected chi connectivity index (χ1v) is 8.16. The number of aromatic nitrogens is 4. The van der Waals surface area contributed by atoms with E-state index in [1.54, 1.807) is 23.7 Å². The monoisotopic (exact) mass is 346 g/mol. The number of ether oxygens (including phenoxy) is 1. The SMILES string of the molecule is CCOC(=O)c1nc(-c2nnn(-c3ccc(F)cc3)c2C)sc1C. The Hall–Kier alpha value is -2.61. The van der Waals surface area contributed by atoms with Crippen molar-refractivity contribution in [1.82, 2.24) is 20.0 Å². The van der Waals surface area contributed by atoms with E-state index in [4.69, 9.17) is 4.74 Å². The van der Waals surface area contributed by atoms with Gasteiger partial charge in [0.1, 0.15) is 16.5 Å². The summed E-state index contributed by atoms with van der Waals surface area (Å²) in [6, 6.07) is 5.97. The smallest absolute Gasteiger partial charge is 0.358 e. The average Bonchev–Trinajstić information content (AvgIpc) is 3.11. The summed E-state index contributed by atoms with van der Waals surface area (Å²) in [5.41, 5.74) is 2.34. The Balaban J connectivity index is 1.98. The summed E-state index contributed by atoms with van der Waals surface area (Å²) in [6.45, 7) is 5.70. The van der Waals surface area contributed by atoms with Gasteiger partial charge in [-0.1, -0.05) is 5.21 Å². The molecule has 0 bridgehead atoms. The third-order valence-electron chi connectivity index (χ3n) is 3.43. The molecular formula is C16H15FN4O2S. The lowest BCUT2D eigenvalue weighted by Gasteiger charge is -2.02. The van der Waals surface area contributed by atoms with Crippen LogP contribution in [0.25, 0.3) is 16.4 Å². The highest BCUT2D eigenvalue weighted by Gasteiger charge is 2.21. The zero-order chi connectivity index (χ0) is 17.3. The lowest BCUT2D eigenvalue weighted by Crippen LogP contribution is -2.06. The largest absolute Gasteiger partial charge is 0.461 e. The maximum atomic E-state index is 13.1. The molecule has 0 unspecified atom stereocenters. The van der Waals surface area contributed by atoms with Gasteiger partial charge < -0.3 is 4.74 Å². The number of hydrogen-bond donors (Lipinski definition) is 0. The molecule has 6 nitrogen and oxygen atoms in total. The van der Waals surface area contributed by atoms with Crippen molar-refractivity contribution in [3.8, 4) is 16.4 Å². The van der Waals surface area contributed by atoms with Gasteiger partial charge in [-0.2, -0.15) is 0 Å². The number of carbonyl (C=O) groups excluding carboxylic acids is 1. The molecule has 3 rings (SSSR count). The molecule has 3 aromatic rings. The Morgan fingerprint density at radius 2 is 2.00 bits per heavy atom. The van der Waals surface area contributed by atoms with Crippen molar-refractivity contribution in [3.63, 3.8) is 0 Å². The zero-order valence-electron chi connectivity index (χ0n) is 13.4. The molecule has 0 saturated carbocycles. The number of benzene rings is 1. The van der Waals surface area contributed by atoms with Gasteiger partial charge in [0.05, 0.1) is 18.0 Å². The first kappa shape index (κ1) is 16.3. The fourth-order valence-electron chi connectivity index (χ4n) is 2.24. The normalized spacial score (nSPS) is 10.8. The lowest BCUT2D eigenvalue weighted by atomic mass is 10.3. The molecule has 0 radical (unpaired) electrons. The maximum absolute atomic E-state index is 13.1. The van der Waals surface area contributed by atoms with Gasteiger partial charge in [-0.15, -0.1) is 16.4 Å². The quantitative estimate of drug-likeness (QED) is 0.678. The molecule has 0 fully saturated rings. The maximum Gasteiger partial charge on any atom is 0.358 e. The third-order valence-corrected chi connectivity index (χ3v) is 4.41. The van der Waals surface area contributed by atoms with Crippen LogP contribution in [0.2, 0.25) is 0 Å². The molecule has 124 valence electrons. The van der Waals surface area contributed by atoms with Gasteiger partial charge in [-0.05, 0) is 45.0 Å². The van der Waals surface area contributed by atoms with Gasteiger partial charge in [-0.25, -0.2) is 18.9 Å². The lowest BCUT2D eigenvalue weighted by molar-refractivity contribution is 0.0519. The summed E-state index contributed by atoms with van der Waals surface area (Å²) in [5, 5.41) is 8.86. The van der Waals surface area contributed by atoms with Crippen LogP contribution in [-0.2, 0) is 4.74 Å². The highest BCUT2D eigenvalue weighted by molar-refractivity contribution is 7.15. The molecule has 2 aromatic heterocycles. The molecule has 24 heavy (non-hydrogen) atoms. The standard InChI is InChI=1S/C16H15FN4O2S/c1-4-23-16(22)14-10(3)24-15(18-14)13-9(2)21(20-19-13)12-7-5-11(17)6-8-12/h5-8H,4H2,1-3H3. The molecule has 0 aliphatic carbocycles. The number of carbonyl (C=O) groups is 1. The van der Waals surface area contributed by atoms with Crippen LogP contribution in [0.4, 0.5) is 4.39 Å². The Morgan fingerprint density at radius 1 is 1.29 bits per heavy atom. The van der Waals surface area contributed by atoms with E-state index in [9.17, 15) is 9.18 Å². The van der Waals surface area contributed by atoms with Crippen LogP contribution in [0.3, 0.4) is 0 Å². The van der Waals surface area contributed by atoms with Gasteiger partial charge in [0, 0.05) is 4.88 Å². The molecule has 0 atom stereocenters. The van der Waals surface area contributed by atoms with E-state index < -0.39 is 5.97 Å². The molecule has 0 amide bonds. The minimum absolute atomic E-state index is 0.297. The number of hydrogen-bond acceptors (Lipinski definition) is 6. The molecule has 1 aromatic carbocycles. The summed E-state index contributed by atoms with van der Waals surface area (Å²) in [6.07, 6.45) is 0. The highest BCUT2D eigenvalue weighted by atomic mass is 32.1. The van der Waals surface area contributed by atoms with Gasteiger partial charge >= 0.3 is 5.97 Å². The Labute approximate surface area is 141 Å². The summed E-state index contributed by atoms with van der Waals surface area (Å²) in [5.74, 6) is -0.757. The minimum atomic E-state index is -0.443. The van der Waals surface area contributed by atoms with Gasteiger partial charge in [0.2, 0.25) is 0 Å². The van der Waals surface area contributed by atoms with E-state index in [0.29, 0.717) is 28.7 Å². The molecule has 0 spiro atoms. The number of aryl methyl sites for hydroxylation is 1. The van der Waals surface area contributed by atoms with Crippen molar-refractivity contribution in [2.75, 3.05) is 6.61 Å². The van der Waals surface area contributed by atoms with Gasteiger partial charge in [0.25, 0.3) is 0 Å². The fourth-order valence-corrected chi connectivity index (χ4v) is 3.18. The second kappa shape index (κ2) is 6.48. The molecule has 8 heteroatoms. The summed E-state index contributed by atoms with van der Waals surface area (Å²) in [4.78, 5) is 17.0. The number of thiazole rings is 1. The van der Waals surface area contributed by atoms with E-state index in [1.807, 2.05) is 13.8 Å². The van der Waals surface area contributed by atoms with E-state index in [-0.39, 0.29) is 5.82 Å². The molecule has 0 saturated heterocycles. The van der Waals surface area contributed by atoms with Crippen molar-refractivity contribution in [2.45, 2.75) is 20.8 Å². The van der Waals surface area contributed by atoms with E-state index in [0.717, 1.165) is 10.6 Å². The Bertz CT molecular complexity index is 886. The van der Waals surface area contributed by atoms with Crippen LogP contribution in [0.15, 0.2) is 24.3 Å². The van der Waals surface area contributed by atoms with Crippen molar-refractivity contribution in [3.05, 3.63) is 46.3 Å². The second-order valence-electron chi connectivity index (χ2n) is 5.06. The molecule has 0 aliphatic heterocycles. The topological polar surface area (TPSA) is 69.9 Å². The van der Waals surface area contributed by atoms with Crippen molar-refractivity contribution in [1.29, 1.82) is 0 Å². The van der Waals surface area contributed by atoms with Crippen LogP contribution in [0.1, 0.15) is 28.0 Å². The van der Waals surface area contributed by atoms with E-state index in [1.165, 1.54) is 23.5 Å². The predicted molar refractivity (Wildman–Crippen MR) is 87.9 cm³/mol. The van der Waals surface area contributed by atoms with Gasteiger partial charge in [-0.3, -0.25) is 0 Å². The third kappa shape index (κ3) is 2.92. The number of rotatable bonds is 4. The van der Waals surface area contributed by atoms with Crippen molar-refractivity contribution in [2.24, 2.45) is 0 Å². The van der Waals surface area contributed by atoms with Crippen LogP contribution in [-0.4, -0.2) is 32.6 Å². The first-order chi connectivity index (χ1) is 11.5. The molecule has 0 N–H and O–H groups in total. The van der Waals surface area contributed by atoms with Crippen molar-refractivity contribution < 1.29 is 13.9 Å². The molecule has 2 heterocycles. The summed E-state index contributed by atoms with van der Waals surface area (Å²) >= 11 is 1.36. The minimum Gasteiger partial charge on any atom is -0.461 e. The van der Waals surface area contributed by atoms with Crippen LogP contribution < -0.4 is 0 Å². The average molecular weight is 346 g/mol. The van der Waals surface area contributed by atoms with Crippen LogP contribution >= 0.6 is 11.3 Å². The van der Waals surface area contributed by atoms with Crippen molar-refractivity contribution >= 4 is 17.3 Å². The Kier molecular flexibility index (Phi) is 4.39. The predicted octanol–water partition coefficient (Wildman–Crippen LogP) is 3.32. The zero-order valence-corrected chi connectivity index (χ0v) is 14.2. The molecule has 0 aliphatic rings. The van der Waals surface area contributed by atoms with Crippen LogP contribution in [0, 0.1) is 19.7 Å². The summed E-state index contributed by atoms with van der Waals surface area (Å²) < 4.78 is 19.7. The second-order valence-corrected chi connectivity index (χ2v) is 6.26.